The lowest BCUT2D eigenvalue weighted by Gasteiger charge is -2.34. The Hall–Kier alpha value is -6.74. The fourth-order valence-corrected chi connectivity index (χ4v) is 7.15. The molecule has 0 saturated carbocycles. The molecule has 0 spiro atoms. The van der Waals surface area contributed by atoms with Gasteiger partial charge in [0.25, 0.3) is 5.91 Å². The summed E-state index contributed by atoms with van der Waals surface area (Å²) >= 11 is 0. The Morgan fingerprint density at radius 3 is 1.63 bits per heavy atom. The average molecular weight is 797 g/mol. The first kappa shape index (κ1) is 43.4. The van der Waals surface area contributed by atoms with Gasteiger partial charge >= 0.3 is 0 Å². The summed E-state index contributed by atoms with van der Waals surface area (Å²) < 4.78 is 0. The molecule has 1 aliphatic rings. The number of anilines is 2. The maximum Gasteiger partial charge on any atom is 0.250 e. The second-order valence-electron chi connectivity index (χ2n) is 14.7. The summed E-state index contributed by atoms with van der Waals surface area (Å²) in [7, 11) is 4.77. The van der Waals surface area contributed by atoms with Crippen LogP contribution in [0.3, 0.4) is 0 Å². The zero-order valence-corrected chi connectivity index (χ0v) is 34.5. The number of benzene rings is 4. The lowest BCUT2D eigenvalue weighted by atomic mass is 10.0. The van der Waals surface area contributed by atoms with Gasteiger partial charge in [0.15, 0.2) is 0 Å². The van der Waals surface area contributed by atoms with E-state index in [1.165, 1.54) is 28.5 Å². The van der Waals surface area contributed by atoms with Crippen molar-refractivity contribution in [1.29, 1.82) is 0 Å². The van der Waals surface area contributed by atoms with Gasteiger partial charge in [-0.2, -0.15) is 0 Å². The van der Waals surface area contributed by atoms with Crippen molar-refractivity contribution in [3.8, 4) is 11.8 Å². The van der Waals surface area contributed by atoms with Crippen LogP contribution in [0.2, 0.25) is 0 Å². The SMILES string of the molecule is CCCC(C(=O)Nc1ccc(C#Cc2ccc(NC(=O)C3CCCN3C(=O)C(c3ccccc3)N(C)C(C)=O)cc2)cc1)N(C)C(=O)C(c1ccccc1)N(C)C(C)=O. The number of rotatable bonds is 13. The van der Waals surface area contributed by atoms with Gasteiger partial charge in [0.1, 0.15) is 24.2 Å². The summed E-state index contributed by atoms with van der Waals surface area (Å²) in [5.41, 5.74) is 3.89. The van der Waals surface area contributed by atoms with Crippen molar-refractivity contribution in [3.63, 3.8) is 0 Å². The van der Waals surface area contributed by atoms with Crippen LogP contribution in [0.15, 0.2) is 109 Å². The summed E-state index contributed by atoms with van der Waals surface area (Å²) in [6.45, 7) is 5.19. The molecule has 5 rings (SSSR count). The summed E-state index contributed by atoms with van der Waals surface area (Å²) in [5.74, 6) is 4.45. The van der Waals surface area contributed by atoms with E-state index in [2.05, 4.69) is 22.5 Å². The Balaban J connectivity index is 1.19. The number of carbonyl (C=O) groups is 6. The van der Waals surface area contributed by atoms with Crippen LogP contribution in [0.4, 0.5) is 11.4 Å². The first-order valence-electron chi connectivity index (χ1n) is 19.8. The molecule has 1 aliphatic heterocycles. The van der Waals surface area contributed by atoms with Gasteiger partial charge in [-0.25, -0.2) is 0 Å². The number of likely N-dealkylation sites (tertiary alicyclic amines) is 1. The predicted octanol–water partition coefficient (Wildman–Crippen LogP) is 6.02. The molecule has 1 heterocycles. The van der Waals surface area contributed by atoms with Crippen LogP contribution in [0.1, 0.15) is 80.8 Å². The molecule has 0 radical (unpaired) electrons. The second kappa shape index (κ2) is 20.1. The van der Waals surface area contributed by atoms with Crippen molar-refractivity contribution in [2.45, 2.75) is 70.6 Å². The van der Waals surface area contributed by atoms with Crippen molar-refractivity contribution >= 4 is 46.8 Å². The molecule has 306 valence electrons. The van der Waals surface area contributed by atoms with Crippen molar-refractivity contribution in [1.82, 2.24) is 19.6 Å². The molecule has 0 bridgehead atoms. The predicted molar refractivity (Wildman–Crippen MR) is 228 cm³/mol. The van der Waals surface area contributed by atoms with Gasteiger partial charge in [0.2, 0.25) is 29.5 Å². The Morgan fingerprint density at radius 1 is 0.661 bits per heavy atom. The summed E-state index contributed by atoms with van der Waals surface area (Å²) in [6, 6.07) is 29.2. The molecule has 2 N–H and O–H groups in total. The van der Waals surface area contributed by atoms with Crippen LogP contribution < -0.4 is 10.6 Å². The summed E-state index contributed by atoms with van der Waals surface area (Å²) in [6.07, 6.45) is 2.28. The number of amides is 6. The van der Waals surface area contributed by atoms with Gasteiger partial charge in [-0.1, -0.05) is 85.8 Å². The van der Waals surface area contributed by atoms with Crippen molar-refractivity contribution in [3.05, 3.63) is 131 Å². The zero-order chi connectivity index (χ0) is 42.6. The Bertz CT molecular complexity index is 2180. The maximum atomic E-state index is 13.8. The second-order valence-corrected chi connectivity index (χ2v) is 14.7. The monoisotopic (exact) mass is 796 g/mol. The number of hydrogen-bond donors (Lipinski definition) is 2. The van der Waals surface area contributed by atoms with E-state index in [0.29, 0.717) is 60.3 Å². The molecular weight excluding hydrogens is 745 g/mol. The molecule has 12 heteroatoms. The summed E-state index contributed by atoms with van der Waals surface area (Å²) in [5, 5.41) is 5.87. The third-order valence-electron chi connectivity index (χ3n) is 10.6. The van der Waals surface area contributed by atoms with Crippen molar-refractivity contribution in [2.24, 2.45) is 0 Å². The van der Waals surface area contributed by atoms with Crippen LogP contribution in [0, 0.1) is 11.8 Å². The molecule has 1 saturated heterocycles. The lowest BCUT2D eigenvalue weighted by Crippen LogP contribution is -2.49. The first-order valence-corrected chi connectivity index (χ1v) is 19.8. The van der Waals surface area contributed by atoms with E-state index in [9.17, 15) is 28.8 Å². The van der Waals surface area contributed by atoms with Crippen LogP contribution in [0.25, 0.3) is 0 Å². The minimum atomic E-state index is -0.875. The number of hydrogen-bond acceptors (Lipinski definition) is 6. The van der Waals surface area contributed by atoms with E-state index >= 15 is 0 Å². The molecule has 1 fully saturated rings. The molecular formula is C47H52N6O6. The highest BCUT2D eigenvalue weighted by Gasteiger charge is 2.40. The van der Waals surface area contributed by atoms with Crippen LogP contribution in [-0.2, 0) is 28.8 Å². The van der Waals surface area contributed by atoms with Gasteiger partial charge in [-0.05, 0) is 78.9 Å². The van der Waals surface area contributed by atoms with Gasteiger partial charge in [-0.3, -0.25) is 28.8 Å². The Kier molecular flexibility index (Phi) is 14.8. The van der Waals surface area contributed by atoms with E-state index in [0.717, 1.165) is 5.56 Å². The van der Waals surface area contributed by atoms with Crippen LogP contribution >= 0.6 is 0 Å². The molecule has 4 atom stereocenters. The quantitative estimate of drug-likeness (QED) is 0.159. The smallest absolute Gasteiger partial charge is 0.250 e. The molecule has 6 amide bonds. The van der Waals surface area contributed by atoms with Gasteiger partial charge in [0.05, 0.1) is 0 Å². The number of nitrogens with one attached hydrogen (secondary N) is 2. The highest BCUT2D eigenvalue weighted by molar-refractivity contribution is 6.00. The Morgan fingerprint density at radius 2 is 1.14 bits per heavy atom. The number of likely N-dealkylation sites (N-methyl/N-ethyl adjacent to an activating group) is 3. The van der Waals surface area contributed by atoms with E-state index in [-0.39, 0.29) is 35.4 Å². The molecule has 4 aromatic carbocycles. The molecule has 0 aliphatic carbocycles. The third-order valence-corrected chi connectivity index (χ3v) is 10.6. The lowest BCUT2D eigenvalue weighted by molar-refractivity contribution is -0.146. The highest BCUT2D eigenvalue weighted by atomic mass is 16.2. The molecule has 12 nitrogen and oxygen atoms in total. The summed E-state index contributed by atoms with van der Waals surface area (Å²) in [4.78, 5) is 85.2. The van der Waals surface area contributed by atoms with Crippen molar-refractivity contribution in [2.75, 3.05) is 38.3 Å². The number of nitrogens with zero attached hydrogens (tertiary/aromatic N) is 4. The van der Waals surface area contributed by atoms with E-state index in [4.69, 9.17) is 0 Å². The fraction of sp³-hybridized carbons (Fsp3) is 0.319. The topological polar surface area (TPSA) is 139 Å². The number of carbonyl (C=O) groups excluding carboxylic acids is 6. The molecule has 4 unspecified atom stereocenters. The van der Waals surface area contributed by atoms with Gasteiger partial charge in [0, 0.05) is 64.0 Å². The third kappa shape index (κ3) is 10.8. The van der Waals surface area contributed by atoms with E-state index in [1.54, 1.807) is 86.7 Å². The zero-order valence-electron chi connectivity index (χ0n) is 34.5. The van der Waals surface area contributed by atoms with Gasteiger partial charge in [-0.15, -0.1) is 0 Å². The van der Waals surface area contributed by atoms with Crippen molar-refractivity contribution < 1.29 is 28.8 Å². The minimum Gasteiger partial charge on any atom is -0.332 e. The normalized spacial score (nSPS) is 14.7. The molecule has 59 heavy (non-hydrogen) atoms. The fourth-order valence-electron chi connectivity index (χ4n) is 7.15. The Labute approximate surface area is 346 Å². The van der Waals surface area contributed by atoms with Crippen LogP contribution in [0.5, 0.6) is 0 Å². The molecule has 4 aromatic rings. The first-order chi connectivity index (χ1) is 28.3. The minimum absolute atomic E-state index is 0.249. The average Bonchev–Trinajstić information content (AvgIpc) is 3.74. The van der Waals surface area contributed by atoms with Crippen LogP contribution in [-0.4, -0.2) is 94.8 Å². The highest BCUT2D eigenvalue weighted by Crippen LogP contribution is 2.29. The standard InChI is InChI=1S/C47H52N6O6/c1-7-15-40(52(6)46(58)42(50(4)32(2)54)36-16-10-8-11-17-36)44(56)48-38-27-23-34(24-28-38)21-22-35-25-29-39(30-26-35)49-45(57)41-20-14-31-53(41)47(59)43(51(5)33(3)55)37-18-12-9-13-19-37/h8-13,16-19,23-30,40-43H,7,14-15,20,31H2,1-6H3,(H,48,56)(H,49,57). The molecule has 0 aromatic heterocycles. The maximum absolute atomic E-state index is 13.8. The van der Waals surface area contributed by atoms with Gasteiger partial charge < -0.3 is 30.2 Å². The largest absolute Gasteiger partial charge is 0.332 e. The van der Waals surface area contributed by atoms with E-state index < -0.39 is 24.2 Å². The van der Waals surface area contributed by atoms with E-state index in [1.807, 2.05) is 55.5 Å².